The Bertz CT molecular complexity index is 389. The van der Waals surface area contributed by atoms with Gasteiger partial charge in [-0.2, -0.15) is 0 Å². The van der Waals surface area contributed by atoms with Crippen LogP contribution >= 0.6 is 23.4 Å². The highest BCUT2D eigenvalue weighted by atomic mass is 35.5. The zero-order valence-electron chi connectivity index (χ0n) is 9.90. The fourth-order valence-electron chi connectivity index (χ4n) is 2.25. The minimum absolute atomic E-state index is 0.0930. The maximum atomic E-state index is 9.30. The monoisotopic (exact) mass is 272 g/mol. The predicted octanol–water partition coefficient (Wildman–Crippen LogP) is 3.29. The molecule has 0 radical (unpaired) electrons. The van der Waals surface area contributed by atoms with Gasteiger partial charge in [-0.3, -0.25) is 0 Å². The van der Waals surface area contributed by atoms with Crippen molar-refractivity contribution in [3.05, 3.63) is 17.0 Å². The standard InChI is InChI=1S/C12H17ClN2OS/c1-8-3-2-4-9(5-8)17-12-10(6-16)11(13)14-7-15-12/h7-9,16H,2-6H2,1H3. The predicted molar refractivity (Wildman–Crippen MR) is 70.2 cm³/mol. The largest absolute Gasteiger partial charge is 0.391 e. The lowest BCUT2D eigenvalue weighted by molar-refractivity contribution is 0.277. The zero-order valence-corrected chi connectivity index (χ0v) is 11.5. The van der Waals surface area contributed by atoms with Gasteiger partial charge >= 0.3 is 0 Å². The first kappa shape index (κ1) is 13.1. The molecule has 17 heavy (non-hydrogen) atoms. The Morgan fingerprint density at radius 1 is 1.47 bits per heavy atom. The summed E-state index contributed by atoms with van der Waals surface area (Å²) in [7, 11) is 0. The van der Waals surface area contributed by atoms with E-state index in [1.54, 1.807) is 11.8 Å². The summed E-state index contributed by atoms with van der Waals surface area (Å²) in [6.07, 6.45) is 6.52. The van der Waals surface area contributed by atoms with E-state index in [1.165, 1.54) is 32.0 Å². The van der Waals surface area contributed by atoms with Crippen molar-refractivity contribution in [1.29, 1.82) is 0 Å². The maximum Gasteiger partial charge on any atom is 0.139 e. The van der Waals surface area contributed by atoms with E-state index in [0.29, 0.717) is 16.0 Å². The maximum absolute atomic E-state index is 9.30. The van der Waals surface area contributed by atoms with Crippen LogP contribution < -0.4 is 0 Å². The number of thioether (sulfide) groups is 1. The molecule has 94 valence electrons. The summed E-state index contributed by atoms with van der Waals surface area (Å²) >= 11 is 7.69. The van der Waals surface area contributed by atoms with Gasteiger partial charge in [-0.25, -0.2) is 9.97 Å². The molecule has 0 aromatic carbocycles. The molecule has 0 aliphatic heterocycles. The number of hydrogen-bond donors (Lipinski definition) is 1. The highest BCUT2D eigenvalue weighted by Gasteiger charge is 2.22. The van der Waals surface area contributed by atoms with E-state index >= 15 is 0 Å². The number of aliphatic hydroxyl groups excluding tert-OH is 1. The van der Waals surface area contributed by atoms with Crippen LogP contribution in [0.1, 0.15) is 38.2 Å². The molecule has 1 heterocycles. The van der Waals surface area contributed by atoms with Crippen molar-refractivity contribution in [2.24, 2.45) is 5.92 Å². The summed E-state index contributed by atoms with van der Waals surface area (Å²) in [5.74, 6) is 0.788. The van der Waals surface area contributed by atoms with E-state index in [0.717, 1.165) is 10.9 Å². The molecular weight excluding hydrogens is 256 g/mol. The Labute approximate surface area is 111 Å². The van der Waals surface area contributed by atoms with Crippen molar-refractivity contribution in [3.8, 4) is 0 Å². The Morgan fingerprint density at radius 3 is 3.00 bits per heavy atom. The second kappa shape index (κ2) is 6.03. The van der Waals surface area contributed by atoms with Gasteiger partial charge in [0.2, 0.25) is 0 Å². The van der Waals surface area contributed by atoms with Crippen LogP contribution in [-0.4, -0.2) is 20.3 Å². The molecule has 5 heteroatoms. The molecule has 0 bridgehead atoms. The number of rotatable bonds is 3. The molecule has 2 rings (SSSR count). The fraction of sp³-hybridized carbons (Fsp3) is 0.667. The minimum atomic E-state index is -0.0930. The molecule has 0 spiro atoms. The summed E-state index contributed by atoms with van der Waals surface area (Å²) in [5, 5.41) is 11.1. The van der Waals surface area contributed by atoms with Crippen LogP contribution in [0.5, 0.6) is 0 Å². The van der Waals surface area contributed by atoms with Crippen molar-refractivity contribution in [3.63, 3.8) is 0 Å². The molecule has 1 aromatic rings. The molecule has 1 fully saturated rings. The van der Waals surface area contributed by atoms with Gasteiger partial charge in [0.25, 0.3) is 0 Å². The van der Waals surface area contributed by atoms with Crippen molar-refractivity contribution < 1.29 is 5.11 Å². The Hall–Kier alpha value is -0.320. The minimum Gasteiger partial charge on any atom is -0.391 e. The van der Waals surface area contributed by atoms with Crippen molar-refractivity contribution in [2.45, 2.75) is 49.5 Å². The van der Waals surface area contributed by atoms with E-state index < -0.39 is 0 Å². The van der Waals surface area contributed by atoms with Gasteiger partial charge in [-0.05, 0) is 18.8 Å². The second-order valence-electron chi connectivity index (χ2n) is 4.62. The molecule has 2 unspecified atom stereocenters. The van der Waals surface area contributed by atoms with Crippen LogP contribution in [0.2, 0.25) is 5.15 Å². The molecular formula is C12H17ClN2OS. The van der Waals surface area contributed by atoms with Crippen LogP contribution in [0.3, 0.4) is 0 Å². The summed E-state index contributed by atoms with van der Waals surface area (Å²) in [6, 6.07) is 0. The first-order valence-electron chi connectivity index (χ1n) is 5.97. The second-order valence-corrected chi connectivity index (χ2v) is 6.27. The van der Waals surface area contributed by atoms with Gasteiger partial charge in [-0.1, -0.05) is 31.4 Å². The third-order valence-electron chi connectivity index (χ3n) is 3.18. The van der Waals surface area contributed by atoms with Crippen LogP contribution in [-0.2, 0) is 6.61 Å². The molecule has 1 aliphatic carbocycles. The SMILES string of the molecule is CC1CCCC(Sc2ncnc(Cl)c2CO)C1. The van der Waals surface area contributed by atoms with E-state index in [1.807, 2.05) is 0 Å². The number of halogens is 1. The van der Waals surface area contributed by atoms with Gasteiger partial charge in [0.15, 0.2) is 0 Å². The van der Waals surface area contributed by atoms with Gasteiger partial charge in [-0.15, -0.1) is 11.8 Å². The van der Waals surface area contributed by atoms with Crippen LogP contribution in [0.4, 0.5) is 0 Å². The lowest BCUT2D eigenvalue weighted by Gasteiger charge is -2.26. The third-order valence-corrected chi connectivity index (χ3v) is 4.84. The molecule has 1 aliphatic rings. The van der Waals surface area contributed by atoms with E-state index in [9.17, 15) is 5.11 Å². The normalized spacial score (nSPS) is 24.9. The molecule has 1 N–H and O–H groups in total. The topological polar surface area (TPSA) is 46.0 Å². The first-order chi connectivity index (χ1) is 8.20. The summed E-state index contributed by atoms with van der Waals surface area (Å²) in [6.45, 7) is 2.21. The Kier molecular flexibility index (Phi) is 4.65. The molecule has 1 saturated carbocycles. The molecule has 1 aromatic heterocycles. The number of aromatic nitrogens is 2. The smallest absolute Gasteiger partial charge is 0.139 e. The lowest BCUT2D eigenvalue weighted by Crippen LogP contribution is -2.15. The zero-order chi connectivity index (χ0) is 12.3. The molecule has 0 amide bonds. The summed E-state index contributed by atoms with van der Waals surface area (Å²) in [4.78, 5) is 8.14. The van der Waals surface area contributed by atoms with Gasteiger partial charge in [0.1, 0.15) is 16.5 Å². The average molecular weight is 273 g/mol. The quantitative estimate of drug-likeness (QED) is 0.858. The van der Waals surface area contributed by atoms with E-state index in [2.05, 4.69) is 16.9 Å². The van der Waals surface area contributed by atoms with Crippen molar-refractivity contribution in [2.75, 3.05) is 0 Å². The fourth-order valence-corrected chi connectivity index (χ4v) is 3.94. The number of nitrogens with zero attached hydrogens (tertiary/aromatic N) is 2. The highest BCUT2D eigenvalue weighted by molar-refractivity contribution is 7.99. The Balaban J connectivity index is 2.10. The average Bonchev–Trinajstić information content (AvgIpc) is 2.29. The van der Waals surface area contributed by atoms with Crippen LogP contribution in [0, 0.1) is 5.92 Å². The van der Waals surface area contributed by atoms with Gasteiger partial charge in [0.05, 0.1) is 6.61 Å². The van der Waals surface area contributed by atoms with Crippen molar-refractivity contribution in [1.82, 2.24) is 9.97 Å². The van der Waals surface area contributed by atoms with Gasteiger partial charge in [0, 0.05) is 10.8 Å². The van der Waals surface area contributed by atoms with E-state index in [-0.39, 0.29) is 6.61 Å². The van der Waals surface area contributed by atoms with E-state index in [4.69, 9.17) is 11.6 Å². The summed E-state index contributed by atoms with van der Waals surface area (Å²) < 4.78 is 0. The summed E-state index contributed by atoms with van der Waals surface area (Å²) in [5.41, 5.74) is 0.664. The number of hydrogen-bond acceptors (Lipinski definition) is 4. The third kappa shape index (κ3) is 3.33. The molecule has 2 atom stereocenters. The number of aliphatic hydroxyl groups is 1. The van der Waals surface area contributed by atoms with Crippen molar-refractivity contribution >= 4 is 23.4 Å². The first-order valence-corrected chi connectivity index (χ1v) is 7.23. The van der Waals surface area contributed by atoms with Gasteiger partial charge < -0.3 is 5.11 Å². The molecule has 0 saturated heterocycles. The Morgan fingerprint density at radius 2 is 2.29 bits per heavy atom. The highest BCUT2D eigenvalue weighted by Crippen LogP contribution is 2.37. The van der Waals surface area contributed by atoms with Crippen LogP contribution in [0.25, 0.3) is 0 Å². The lowest BCUT2D eigenvalue weighted by atomic mass is 9.91. The molecule has 3 nitrogen and oxygen atoms in total. The van der Waals surface area contributed by atoms with Crippen LogP contribution in [0.15, 0.2) is 11.4 Å².